The number of aryl methyl sites for hydroxylation is 1. The third-order valence-electron chi connectivity index (χ3n) is 4.71. The van der Waals surface area contributed by atoms with Crippen molar-refractivity contribution in [2.75, 3.05) is 13.7 Å². The van der Waals surface area contributed by atoms with Crippen molar-refractivity contribution in [3.05, 3.63) is 71.4 Å². The number of ether oxygens (including phenoxy) is 1. The number of benzene rings is 2. The van der Waals surface area contributed by atoms with E-state index in [1.54, 1.807) is 11.8 Å². The van der Waals surface area contributed by atoms with Crippen molar-refractivity contribution in [2.45, 2.75) is 19.6 Å². The quantitative estimate of drug-likeness (QED) is 0.732. The summed E-state index contributed by atoms with van der Waals surface area (Å²) in [5, 5.41) is 11.1. The van der Waals surface area contributed by atoms with Gasteiger partial charge in [0.1, 0.15) is 17.6 Å². The molecule has 0 bridgehead atoms. The molecule has 6 heteroatoms. The van der Waals surface area contributed by atoms with Gasteiger partial charge in [-0.1, -0.05) is 42.0 Å². The number of methoxy groups -OCH3 is 1. The molecule has 2 aromatic carbocycles. The van der Waals surface area contributed by atoms with Gasteiger partial charge in [0.2, 0.25) is 0 Å². The number of nitrogens with zero attached hydrogens (tertiary/aromatic N) is 2. The largest absolute Gasteiger partial charge is 0.497 e. The summed E-state index contributed by atoms with van der Waals surface area (Å²) in [6.45, 7) is 3.28. The van der Waals surface area contributed by atoms with Crippen LogP contribution in [0.2, 0.25) is 0 Å². The van der Waals surface area contributed by atoms with E-state index in [1.165, 1.54) is 11.1 Å². The van der Waals surface area contributed by atoms with E-state index >= 15 is 0 Å². The lowest BCUT2D eigenvalue weighted by Crippen LogP contribution is -2.45. The molecule has 3 aromatic rings. The van der Waals surface area contributed by atoms with Crippen LogP contribution in [0.25, 0.3) is 11.3 Å². The fourth-order valence-electron chi connectivity index (χ4n) is 3.31. The molecule has 0 saturated heterocycles. The van der Waals surface area contributed by atoms with Crippen LogP contribution in [0, 0.1) is 6.92 Å². The number of rotatable bonds is 5. The highest BCUT2D eigenvalue weighted by Crippen LogP contribution is 2.26. The fourth-order valence-corrected chi connectivity index (χ4v) is 3.31. The predicted molar refractivity (Wildman–Crippen MR) is 104 cm³/mol. The first kappa shape index (κ1) is 17.3. The van der Waals surface area contributed by atoms with Crippen LogP contribution in [-0.2, 0) is 6.54 Å². The van der Waals surface area contributed by atoms with Crippen molar-refractivity contribution >= 4 is 5.91 Å². The molecule has 6 nitrogen and oxygen atoms in total. The van der Waals surface area contributed by atoms with E-state index in [0.717, 1.165) is 17.0 Å². The Bertz CT molecular complexity index is 980. The van der Waals surface area contributed by atoms with Crippen LogP contribution in [0.1, 0.15) is 27.8 Å². The van der Waals surface area contributed by atoms with Gasteiger partial charge in [-0.3, -0.25) is 10.1 Å². The van der Waals surface area contributed by atoms with E-state index in [4.69, 9.17) is 9.84 Å². The summed E-state index contributed by atoms with van der Waals surface area (Å²) < 4.78 is 7.07. The molecule has 2 heterocycles. The average molecular weight is 362 g/mol. The zero-order valence-electron chi connectivity index (χ0n) is 15.4. The van der Waals surface area contributed by atoms with Gasteiger partial charge in [0.15, 0.2) is 0 Å². The highest BCUT2D eigenvalue weighted by Gasteiger charge is 2.27. The van der Waals surface area contributed by atoms with E-state index < -0.39 is 0 Å². The summed E-state index contributed by atoms with van der Waals surface area (Å²) in [5.41, 5.74) is 4.66. The highest BCUT2D eigenvalue weighted by molar-refractivity contribution is 5.94. The van der Waals surface area contributed by atoms with Crippen LogP contribution in [0.5, 0.6) is 5.75 Å². The standard InChI is InChI=1S/C21H22N4O2/c1-14-5-3-6-15(9-14)12-22-20-13-23-21(26)19-11-18(24-25(19)20)16-7-4-8-17(10-16)27-2/h3-11,20,22H,12-13H2,1-2H3,(H,23,26). The lowest BCUT2D eigenvalue weighted by atomic mass is 10.1. The van der Waals surface area contributed by atoms with Gasteiger partial charge in [0.05, 0.1) is 19.3 Å². The Morgan fingerprint density at radius 2 is 2.07 bits per heavy atom. The summed E-state index contributed by atoms with van der Waals surface area (Å²) in [6, 6.07) is 17.9. The van der Waals surface area contributed by atoms with Crippen LogP contribution in [-0.4, -0.2) is 29.3 Å². The van der Waals surface area contributed by atoms with Gasteiger partial charge in [0, 0.05) is 12.1 Å². The number of hydrogen-bond donors (Lipinski definition) is 2. The van der Waals surface area contributed by atoms with Crippen molar-refractivity contribution in [3.63, 3.8) is 0 Å². The minimum atomic E-state index is -0.106. The third kappa shape index (κ3) is 3.57. The molecule has 27 heavy (non-hydrogen) atoms. The van der Waals surface area contributed by atoms with E-state index in [9.17, 15) is 4.79 Å². The molecule has 0 spiro atoms. The van der Waals surface area contributed by atoms with Crippen LogP contribution in [0.15, 0.2) is 54.6 Å². The van der Waals surface area contributed by atoms with Gasteiger partial charge in [-0.15, -0.1) is 0 Å². The van der Waals surface area contributed by atoms with E-state index in [0.29, 0.717) is 18.8 Å². The van der Waals surface area contributed by atoms with Crippen molar-refractivity contribution in [1.29, 1.82) is 0 Å². The summed E-state index contributed by atoms with van der Waals surface area (Å²) in [4.78, 5) is 12.3. The van der Waals surface area contributed by atoms with Crippen LogP contribution < -0.4 is 15.4 Å². The summed E-state index contributed by atoms with van der Waals surface area (Å²) in [6.07, 6.45) is -0.0995. The average Bonchev–Trinajstić information content (AvgIpc) is 3.14. The lowest BCUT2D eigenvalue weighted by Gasteiger charge is -2.25. The van der Waals surface area contributed by atoms with Crippen molar-refractivity contribution in [1.82, 2.24) is 20.4 Å². The molecule has 0 aliphatic carbocycles. The van der Waals surface area contributed by atoms with Gasteiger partial charge >= 0.3 is 0 Å². The van der Waals surface area contributed by atoms with Crippen molar-refractivity contribution in [3.8, 4) is 17.0 Å². The molecule has 138 valence electrons. The molecular weight excluding hydrogens is 340 g/mol. The Labute approximate surface area is 158 Å². The molecule has 1 aliphatic rings. The molecule has 4 rings (SSSR count). The SMILES string of the molecule is COc1cccc(-c2cc3n(n2)C(NCc2cccc(C)c2)CNC3=O)c1. The van der Waals surface area contributed by atoms with Gasteiger partial charge < -0.3 is 10.1 Å². The van der Waals surface area contributed by atoms with E-state index in [2.05, 4.69) is 41.8 Å². The minimum Gasteiger partial charge on any atom is -0.497 e. The minimum absolute atomic E-state index is 0.0995. The number of nitrogens with one attached hydrogen (secondary N) is 2. The maximum Gasteiger partial charge on any atom is 0.269 e. The Morgan fingerprint density at radius 3 is 2.89 bits per heavy atom. The first-order valence-electron chi connectivity index (χ1n) is 8.95. The molecular formula is C21H22N4O2. The Kier molecular flexibility index (Phi) is 4.64. The molecule has 0 fully saturated rings. The van der Waals surface area contributed by atoms with E-state index in [1.807, 2.05) is 30.3 Å². The number of amides is 1. The molecule has 1 amide bonds. The highest BCUT2D eigenvalue weighted by atomic mass is 16.5. The topological polar surface area (TPSA) is 68.2 Å². The molecule has 2 N–H and O–H groups in total. The zero-order valence-corrected chi connectivity index (χ0v) is 15.4. The Morgan fingerprint density at radius 1 is 1.22 bits per heavy atom. The van der Waals surface area contributed by atoms with Gasteiger partial charge in [0.25, 0.3) is 5.91 Å². The third-order valence-corrected chi connectivity index (χ3v) is 4.71. The predicted octanol–water partition coefficient (Wildman–Crippen LogP) is 2.90. The number of hydrogen-bond acceptors (Lipinski definition) is 4. The second-order valence-electron chi connectivity index (χ2n) is 6.69. The maximum absolute atomic E-state index is 12.3. The summed E-state index contributed by atoms with van der Waals surface area (Å²) in [7, 11) is 1.63. The molecule has 1 atom stereocenters. The normalized spacial score (nSPS) is 15.9. The molecule has 1 aromatic heterocycles. The number of fused-ring (bicyclic) bond motifs is 1. The number of carbonyl (C=O) groups is 1. The molecule has 0 saturated carbocycles. The summed E-state index contributed by atoms with van der Waals surface area (Å²) in [5.74, 6) is 0.655. The molecule has 1 aliphatic heterocycles. The number of aromatic nitrogens is 2. The van der Waals surface area contributed by atoms with Gasteiger partial charge in [-0.25, -0.2) is 4.68 Å². The van der Waals surface area contributed by atoms with Crippen LogP contribution >= 0.6 is 0 Å². The lowest BCUT2D eigenvalue weighted by molar-refractivity contribution is 0.0900. The summed E-state index contributed by atoms with van der Waals surface area (Å²) >= 11 is 0. The van der Waals surface area contributed by atoms with Crippen molar-refractivity contribution < 1.29 is 9.53 Å². The Balaban J connectivity index is 1.60. The smallest absolute Gasteiger partial charge is 0.269 e. The zero-order chi connectivity index (χ0) is 18.8. The number of carbonyl (C=O) groups excluding carboxylic acids is 1. The van der Waals surface area contributed by atoms with Gasteiger partial charge in [-0.05, 0) is 30.7 Å². The van der Waals surface area contributed by atoms with E-state index in [-0.39, 0.29) is 12.1 Å². The first-order chi connectivity index (χ1) is 13.1. The van der Waals surface area contributed by atoms with Crippen LogP contribution in [0.3, 0.4) is 0 Å². The van der Waals surface area contributed by atoms with Gasteiger partial charge in [-0.2, -0.15) is 5.10 Å². The first-order valence-corrected chi connectivity index (χ1v) is 8.95. The monoisotopic (exact) mass is 362 g/mol. The molecule has 1 unspecified atom stereocenters. The second kappa shape index (κ2) is 7.25. The molecule has 0 radical (unpaired) electrons. The maximum atomic E-state index is 12.3. The van der Waals surface area contributed by atoms with Crippen molar-refractivity contribution in [2.24, 2.45) is 0 Å². The second-order valence-corrected chi connectivity index (χ2v) is 6.69. The Hall–Kier alpha value is -3.12. The fraction of sp³-hybridized carbons (Fsp3) is 0.238. The van der Waals surface area contributed by atoms with Crippen LogP contribution in [0.4, 0.5) is 0 Å².